The Morgan fingerprint density at radius 1 is 1.32 bits per heavy atom. The van der Waals surface area contributed by atoms with E-state index in [-0.39, 0.29) is 5.75 Å². The summed E-state index contributed by atoms with van der Waals surface area (Å²) in [5.41, 5.74) is 0.532. The molecule has 5 heteroatoms. The van der Waals surface area contributed by atoms with Gasteiger partial charge < -0.3 is 10.2 Å². The Kier molecular flexibility index (Phi) is 5.84. The van der Waals surface area contributed by atoms with Gasteiger partial charge in [-0.1, -0.05) is 26.2 Å². The number of hydrogen-bond donors (Lipinski definition) is 2. The smallest absolute Gasteiger partial charge is 0.312 e. The highest BCUT2D eigenvalue weighted by Crippen LogP contribution is 2.38. The second kappa shape index (κ2) is 8.09. The number of carboxylic acid groups (broad SMARTS) is 1. The number of aliphatic carboxylic acids is 1. The quantitative estimate of drug-likeness (QED) is 0.747. The molecule has 1 unspecified atom stereocenters. The van der Waals surface area contributed by atoms with E-state index in [4.69, 9.17) is 0 Å². The summed E-state index contributed by atoms with van der Waals surface area (Å²) in [4.78, 5) is 17.1. The third-order valence-corrected chi connectivity index (χ3v) is 6.15. The van der Waals surface area contributed by atoms with E-state index in [1.54, 1.807) is 0 Å². The third-order valence-electron chi connectivity index (χ3n) is 4.82. The zero-order valence-electron chi connectivity index (χ0n) is 14.4. The van der Waals surface area contributed by atoms with Gasteiger partial charge in [0.05, 0.1) is 17.8 Å². The van der Waals surface area contributed by atoms with E-state index in [9.17, 15) is 15.0 Å². The van der Waals surface area contributed by atoms with Crippen LogP contribution in [0.1, 0.15) is 57.1 Å². The van der Waals surface area contributed by atoms with Crippen molar-refractivity contribution in [2.45, 2.75) is 61.5 Å². The van der Waals surface area contributed by atoms with Gasteiger partial charge in [0.15, 0.2) is 0 Å². The van der Waals surface area contributed by atoms with Gasteiger partial charge in [-0.3, -0.25) is 9.78 Å². The Morgan fingerprint density at radius 2 is 2.08 bits per heavy atom. The molecule has 1 aromatic heterocycles. The first-order valence-electron chi connectivity index (χ1n) is 8.89. The summed E-state index contributed by atoms with van der Waals surface area (Å²) >= 11 is 1.86. The van der Waals surface area contributed by atoms with Crippen molar-refractivity contribution in [1.82, 2.24) is 4.98 Å². The fraction of sp³-hybridized carbons (Fsp3) is 0.450. The van der Waals surface area contributed by atoms with Gasteiger partial charge in [0, 0.05) is 20.9 Å². The SMILES string of the molecule is C[CH]CC(C(=O)O)c1ncc(O)c2ccc(SC3CCCCC3)cc12. The average molecular weight is 358 g/mol. The monoisotopic (exact) mass is 358 g/mol. The number of pyridine rings is 1. The Bertz CT molecular complexity index is 756. The Hall–Kier alpha value is -1.75. The van der Waals surface area contributed by atoms with Crippen LogP contribution in [-0.4, -0.2) is 26.4 Å². The second-order valence-electron chi connectivity index (χ2n) is 6.65. The van der Waals surface area contributed by atoms with E-state index in [2.05, 4.69) is 4.98 Å². The molecule has 4 nitrogen and oxygen atoms in total. The largest absolute Gasteiger partial charge is 0.506 e. The number of fused-ring (bicyclic) bond motifs is 1. The summed E-state index contributed by atoms with van der Waals surface area (Å²) in [5.74, 6) is -1.48. The average Bonchev–Trinajstić information content (AvgIpc) is 2.61. The van der Waals surface area contributed by atoms with Crippen LogP contribution in [0.5, 0.6) is 5.75 Å². The number of carbonyl (C=O) groups is 1. The summed E-state index contributed by atoms with van der Waals surface area (Å²) in [6.45, 7) is 1.85. The minimum absolute atomic E-state index is 0.0950. The van der Waals surface area contributed by atoms with Gasteiger partial charge in [-0.15, -0.1) is 11.8 Å². The lowest BCUT2D eigenvalue weighted by Crippen LogP contribution is -2.13. The van der Waals surface area contributed by atoms with Gasteiger partial charge >= 0.3 is 5.97 Å². The van der Waals surface area contributed by atoms with Crippen LogP contribution in [0.4, 0.5) is 0 Å². The number of carboxylic acids is 1. The van der Waals surface area contributed by atoms with Crippen molar-refractivity contribution in [3.8, 4) is 5.75 Å². The van der Waals surface area contributed by atoms with Gasteiger partial charge in [-0.05, 0) is 43.9 Å². The van der Waals surface area contributed by atoms with Crippen LogP contribution in [-0.2, 0) is 4.79 Å². The number of aromatic hydroxyl groups is 1. The summed E-state index contributed by atoms with van der Waals surface area (Å²) < 4.78 is 0. The summed E-state index contributed by atoms with van der Waals surface area (Å²) in [7, 11) is 0. The zero-order valence-corrected chi connectivity index (χ0v) is 15.3. The molecule has 1 aliphatic rings. The lowest BCUT2D eigenvalue weighted by molar-refractivity contribution is -0.138. The van der Waals surface area contributed by atoms with Gasteiger partial charge in [0.25, 0.3) is 0 Å². The van der Waals surface area contributed by atoms with E-state index >= 15 is 0 Å². The van der Waals surface area contributed by atoms with Crippen LogP contribution in [0.15, 0.2) is 29.3 Å². The topological polar surface area (TPSA) is 70.4 Å². The maximum absolute atomic E-state index is 11.7. The third kappa shape index (κ3) is 4.09. The predicted molar refractivity (Wildman–Crippen MR) is 101 cm³/mol. The molecular formula is C20H24NO3S. The first-order valence-corrected chi connectivity index (χ1v) is 9.77. The lowest BCUT2D eigenvalue weighted by atomic mass is 9.95. The Balaban J connectivity index is 2.00. The maximum Gasteiger partial charge on any atom is 0.312 e. The number of hydrogen-bond acceptors (Lipinski definition) is 4. The minimum Gasteiger partial charge on any atom is -0.506 e. The molecule has 0 saturated heterocycles. The summed E-state index contributed by atoms with van der Waals surface area (Å²) in [6, 6.07) is 5.91. The standard InChI is InChI=1S/C20H24NO3S/c1-2-6-16(20(23)24)19-17-11-14(25-13-7-4-3-5-8-13)9-10-15(17)18(22)12-21-19/h2,9-13,16,22H,3-8H2,1H3,(H,23,24). The van der Waals surface area contributed by atoms with E-state index in [0.717, 1.165) is 10.3 Å². The second-order valence-corrected chi connectivity index (χ2v) is 8.02. The molecule has 0 amide bonds. The fourth-order valence-corrected chi connectivity index (χ4v) is 4.81. The Morgan fingerprint density at radius 3 is 2.76 bits per heavy atom. The van der Waals surface area contributed by atoms with Crippen molar-refractivity contribution in [1.29, 1.82) is 0 Å². The molecule has 0 spiro atoms. The molecule has 2 aromatic rings. The van der Waals surface area contributed by atoms with Gasteiger partial charge in [-0.25, -0.2) is 0 Å². The highest BCUT2D eigenvalue weighted by atomic mass is 32.2. The molecule has 0 aliphatic heterocycles. The fourth-order valence-electron chi connectivity index (χ4n) is 3.52. The van der Waals surface area contributed by atoms with E-state index in [1.165, 1.54) is 38.3 Å². The van der Waals surface area contributed by atoms with Crippen molar-refractivity contribution >= 4 is 28.5 Å². The molecule has 133 valence electrons. The molecule has 1 aromatic carbocycles. The van der Waals surface area contributed by atoms with Gasteiger partial charge in [-0.2, -0.15) is 0 Å². The van der Waals surface area contributed by atoms with Crippen molar-refractivity contribution < 1.29 is 15.0 Å². The normalized spacial score (nSPS) is 16.8. The van der Waals surface area contributed by atoms with Crippen molar-refractivity contribution in [3.05, 3.63) is 36.5 Å². The molecule has 2 N–H and O–H groups in total. The molecule has 0 bridgehead atoms. The van der Waals surface area contributed by atoms with Crippen molar-refractivity contribution in [2.75, 3.05) is 0 Å². The summed E-state index contributed by atoms with van der Waals surface area (Å²) in [5, 5.41) is 21.8. The molecular weight excluding hydrogens is 334 g/mol. The Labute approximate surface area is 152 Å². The van der Waals surface area contributed by atoms with E-state index < -0.39 is 11.9 Å². The minimum atomic E-state index is -0.886. The molecule has 1 atom stereocenters. The van der Waals surface area contributed by atoms with Crippen LogP contribution in [0.3, 0.4) is 0 Å². The van der Waals surface area contributed by atoms with E-state index in [0.29, 0.717) is 22.8 Å². The molecule has 3 rings (SSSR count). The van der Waals surface area contributed by atoms with Crippen LogP contribution < -0.4 is 0 Å². The van der Waals surface area contributed by atoms with Crippen LogP contribution in [0.2, 0.25) is 0 Å². The molecule has 1 aliphatic carbocycles. The molecule has 1 heterocycles. The van der Waals surface area contributed by atoms with Crippen LogP contribution in [0.25, 0.3) is 10.8 Å². The van der Waals surface area contributed by atoms with Gasteiger partial charge in [0.1, 0.15) is 5.75 Å². The molecule has 1 radical (unpaired) electrons. The highest BCUT2D eigenvalue weighted by Gasteiger charge is 2.24. The lowest BCUT2D eigenvalue weighted by Gasteiger charge is -2.21. The van der Waals surface area contributed by atoms with E-state index in [1.807, 2.05) is 43.3 Å². The number of aromatic nitrogens is 1. The molecule has 25 heavy (non-hydrogen) atoms. The van der Waals surface area contributed by atoms with Crippen molar-refractivity contribution in [2.24, 2.45) is 0 Å². The number of nitrogens with zero attached hydrogens (tertiary/aromatic N) is 1. The predicted octanol–water partition coefficient (Wildman–Crippen LogP) is 5.15. The molecule has 1 saturated carbocycles. The van der Waals surface area contributed by atoms with Crippen LogP contribution in [0, 0.1) is 6.42 Å². The summed E-state index contributed by atoms with van der Waals surface area (Å²) in [6.07, 6.45) is 9.98. The zero-order chi connectivity index (χ0) is 17.8. The molecule has 1 fully saturated rings. The highest BCUT2D eigenvalue weighted by molar-refractivity contribution is 8.00. The van der Waals surface area contributed by atoms with Crippen LogP contribution >= 0.6 is 11.8 Å². The number of benzene rings is 1. The maximum atomic E-state index is 11.7. The number of rotatable bonds is 6. The first kappa shape index (κ1) is 18.1. The first-order chi connectivity index (χ1) is 12.1. The van der Waals surface area contributed by atoms with Crippen molar-refractivity contribution in [3.63, 3.8) is 0 Å². The number of thioether (sulfide) groups is 1. The van der Waals surface area contributed by atoms with Gasteiger partial charge in [0.2, 0.25) is 0 Å².